The van der Waals surface area contributed by atoms with Crippen LogP contribution in [0.5, 0.6) is 0 Å². The second kappa shape index (κ2) is 10.6. The lowest BCUT2D eigenvalue weighted by Crippen LogP contribution is -1.82. The van der Waals surface area contributed by atoms with Crippen molar-refractivity contribution in [1.82, 2.24) is 0 Å². The summed E-state index contributed by atoms with van der Waals surface area (Å²) in [7, 11) is 3.13. The lowest BCUT2D eigenvalue weighted by Gasteiger charge is -1.99. The maximum absolute atomic E-state index is 4.12. The van der Waals surface area contributed by atoms with Gasteiger partial charge in [0.15, 0.2) is 0 Å². The first-order valence-corrected chi connectivity index (χ1v) is 8.01. The molecular weight excluding hydrogens is 224 g/mol. The molecular formula is C11H20N2S2. The van der Waals surface area contributed by atoms with Gasteiger partial charge in [0.25, 0.3) is 0 Å². The van der Waals surface area contributed by atoms with E-state index in [9.17, 15) is 0 Å². The average molecular weight is 244 g/mol. The van der Waals surface area contributed by atoms with Crippen molar-refractivity contribution < 1.29 is 0 Å². The van der Waals surface area contributed by atoms with E-state index in [0.29, 0.717) is 0 Å². The monoisotopic (exact) mass is 244 g/mol. The molecule has 15 heavy (non-hydrogen) atoms. The Balaban J connectivity index is 2.15. The quantitative estimate of drug-likeness (QED) is 0.422. The molecule has 0 bridgehead atoms. The van der Waals surface area contributed by atoms with Crippen molar-refractivity contribution in [3.05, 3.63) is 11.5 Å². The normalized spacial score (nSPS) is 26.1. The van der Waals surface area contributed by atoms with Crippen LogP contribution in [0.3, 0.4) is 0 Å². The van der Waals surface area contributed by atoms with Crippen molar-refractivity contribution in [2.75, 3.05) is 6.54 Å². The van der Waals surface area contributed by atoms with Crippen LogP contribution in [0.1, 0.15) is 51.4 Å². The molecule has 1 rings (SSSR count). The van der Waals surface area contributed by atoms with Crippen LogP contribution < -0.4 is 0 Å². The van der Waals surface area contributed by atoms with Gasteiger partial charge in [-0.3, -0.25) is 0 Å². The van der Waals surface area contributed by atoms with E-state index < -0.39 is 0 Å². The van der Waals surface area contributed by atoms with E-state index in [2.05, 4.69) is 21.1 Å². The Hall–Kier alpha value is 0.0400. The molecule has 86 valence electrons. The van der Waals surface area contributed by atoms with E-state index in [1.54, 1.807) is 10.8 Å². The first kappa shape index (κ1) is 13.1. The van der Waals surface area contributed by atoms with E-state index in [0.717, 1.165) is 6.54 Å². The molecule has 1 aliphatic rings. The largest absolute Gasteiger partial charge is 0.181 e. The number of nitrogens with zero attached hydrogens (tertiary/aromatic N) is 2. The summed E-state index contributed by atoms with van der Waals surface area (Å²) >= 11 is 0. The minimum absolute atomic E-state index is 0.900. The minimum Gasteiger partial charge on any atom is -0.181 e. The highest BCUT2D eigenvalue weighted by molar-refractivity contribution is 8.77. The third kappa shape index (κ3) is 9.00. The molecule has 1 heterocycles. The number of hydrogen-bond acceptors (Lipinski definition) is 4. The highest BCUT2D eigenvalue weighted by Crippen LogP contribution is 2.24. The Morgan fingerprint density at radius 3 is 2.47 bits per heavy atom. The summed E-state index contributed by atoms with van der Waals surface area (Å²) in [4.78, 5) is 0. The molecule has 0 unspecified atom stereocenters. The minimum atomic E-state index is 0.900. The summed E-state index contributed by atoms with van der Waals surface area (Å²) in [6.45, 7) is 0.900. The molecule has 0 fully saturated rings. The predicted octanol–water partition coefficient (Wildman–Crippen LogP) is 5.38. The second-order valence-electron chi connectivity index (χ2n) is 3.75. The number of allylic oxidation sites excluding steroid dienone is 1. The second-order valence-corrected chi connectivity index (χ2v) is 5.55. The lowest BCUT2D eigenvalue weighted by atomic mass is 10.1. The molecule has 0 aromatic rings. The highest BCUT2D eigenvalue weighted by atomic mass is 33.1. The van der Waals surface area contributed by atoms with Gasteiger partial charge in [-0.15, -0.1) is 4.52 Å². The van der Waals surface area contributed by atoms with Gasteiger partial charge in [0, 0.05) is 0 Å². The zero-order valence-electron chi connectivity index (χ0n) is 9.23. The Kier molecular flexibility index (Phi) is 9.22. The van der Waals surface area contributed by atoms with E-state index in [4.69, 9.17) is 0 Å². The van der Waals surface area contributed by atoms with E-state index in [1.807, 2.05) is 0 Å². The van der Waals surface area contributed by atoms with Crippen molar-refractivity contribution in [3.8, 4) is 0 Å². The molecule has 0 atom stereocenters. The van der Waals surface area contributed by atoms with Gasteiger partial charge in [0.05, 0.1) is 17.5 Å². The Morgan fingerprint density at radius 1 is 0.867 bits per heavy atom. The Morgan fingerprint density at radius 2 is 1.60 bits per heavy atom. The fraction of sp³-hybridized carbons (Fsp3) is 0.818. The van der Waals surface area contributed by atoms with Gasteiger partial charge < -0.3 is 0 Å². The summed E-state index contributed by atoms with van der Waals surface area (Å²) in [5, 5.41) is 6.24. The van der Waals surface area contributed by atoms with Crippen molar-refractivity contribution in [1.29, 1.82) is 0 Å². The summed E-state index contributed by atoms with van der Waals surface area (Å²) in [5.41, 5.74) is 0. The SMILES string of the molecule is C1=C\SS/N=N/CCCCCCCCC/1. The molecule has 4 heteroatoms. The molecule has 0 N–H and O–H groups in total. The zero-order valence-corrected chi connectivity index (χ0v) is 10.9. The summed E-state index contributed by atoms with van der Waals surface area (Å²) in [6.07, 6.45) is 12.9. The molecule has 0 aliphatic carbocycles. The van der Waals surface area contributed by atoms with E-state index in [1.165, 1.54) is 62.3 Å². The van der Waals surface area contributed by atoms with Crippen LogP contribution >= 0.6 is 21.8 Å². The van der Waals surface area contributed by atoms with Crippen LogP contribution in [0, 0.1) is 0 Å². The third-order valence-corrected chi connectivity index (χ3v) is 3.78. The van der Waals surface area contributed by atoms with Crippen molar-refractivity contribution in [2.45, 2.75) is 51.4 Å². The predicted molar refractivity (Wildman–Crippen MR) is 71.0 cm³/mol. The van der Waals surface area contributed by atoms with Crippen LogP contribution in [0.4, 0.5) is 0 Å². The maximum Gasteiger partial charge on any atom is 0.0716 e. The van der Waals surface area contributed by atoms with Crippen LogP contribution in [-0.2, 0) is 0 Å². The van der Waals surface area contributed by atoms with Gasteiger partial charge in [-0.2, -0.15) is 5.11 Å². The van der Waals surface area contributed by atoms with Crippen LogP contribution in [0.2, 0.25) is 0 Å². The first-order valence-electron chi connectivity index (χ1n) is 5.84. The maximum atomic E-state index is 4.12. The highest BCUT2D eigenvalue weighted by Gasteiger charge is 1.92. The Bertz CT molecular complexity index is 173. The molecule has 0 saturated heterocycles. The zero-order chi connectivity index (χ0) is 10.6. The van der Waals surface area contributed by atoms with Crippen LogP contribution in [0.15, 0.2) is 21.1 Å². The van der Waals surface area contributed by atoms with Gasteiger partial charge in [0.1, 0.15) is 0 Å². The lowest BCUT2D eigenvalue weighted by molar-refractivity contribution is 0.583. The number of hydrogen-bond donors (Lipinski definition) is 0. The van der Waals surface area contributed by atoms with Gasteiger partial charge in [-0.1, -0.05) is 38.2 Å². The van der Waals surface area contributed by atoms with Gasteiger partial charge in [-0.05, 0) is 35.5 Å². The average Bonchev–Trinajstić information content (AvgIpc) is 2.27. The van der Waals surface area contributed by atoms with Crippen molar-refractivity contribution in [3.63, 3.8) is 0 Å². The molecule has 1 aliphatic heterocycles. The van der Waals surface area contributed by atoms with Gasteiger partial charge in [-0.25, -0.2) is 0 Å². The summed E-state index contributed by atoms with van der Waals surface area (Å²) in [6, 6.07) is 0. The first-order chi connectivity index (χ1) is 7.50. The fourth-order valence-electron chi connectivity index (χ4n) is 1.54. The van der Waals surface area contributed by atoms with Gasteiger partial charge >= 0.3 is 0 Å². The van der Waals surface area contributed by atoms with E-state index >= 15 is 0 Å². The summed E-state index contributed by atoms with van der Waals surface area (Å²) < 4.78 is 4.04. The standard InChI is InChI=1S/C11H20N2S2/c1-2-4-6-8-10-12-13-15-14-11-9-7-5-3-1/h9,11H,1-8,10H2/b11-9-,13-12+. The topological polar surface area (TPSA) is 24.7 Å². The molecule has 0 saturated carbocycles. The van der Waals surface area contributed by atoms with E-state index in [-0.39, 0.29) is 0 Å². The van der Waals surface area contributed by atoms with Crippen LogP contribution in [0.25, 0.3) is 0 Å². The third-order valence-electron chi connectivity index (χ3n) is 2.41. The molecule has 0 amide bonds. The molecule has 0 aromatic carbocycles. The van der Waals surface area contributed by atoms with Crippen molar-refractivity contribution >= 4 is 21.8 Å². The van der Waals surface area contributed by atoms with Crippen molar-refractivity contribution in [2.24, 2.45) is 9.63 Å². The molecule has 0 aromatic heterocycles. The number of rotatable bonds is 0. The summed E-state index contributed by atoms with van der Waals surface area (Å²) in [5.74, 6) is 0. The molecule has 0 radical (unpaired) electrons. The van der Waals surface area contributed by atoms with Gasteiger partial charge in [0.2, 0.25) is 0 Å². The molecule has 0 spiro atoms. The Labute approximate surface area is 101 Å². The molecule has 2 nitrogen and oxygen atoms in total. The fourth-order valence-corrected chi connectivity index (χ4v) is 2.62. The van der Waals surface area contributed by atoms with Crippen LogP contribution in [-0.4, -0.2) is 6.54 Å². The smallest absolute Gasteiger partial charge is 0.0716 e.